The molecule has 0 heterocycles. The highest BCUT2D eigenvalue weighted by Crippen LogP contribution is 2.27. The Morgan fingerprint density at radius 1 is 0.972 bits per heavy atom. The van der Waals surface area contributed by atoms with Gasteiger partial charge in [0.15, 0.2) is 6.61 Å². The Kier molecular flexibility index (Phi) is 9.05. The van der Waals surface area contributed by atoms with E-state index in [1.165, 1.54) is 18.2 Å². The van der Waals surface area contributed by atoms with Crippen LogP contribution in [0.3, 0.4) is 0 Å². The summed E-state index contributed by atoms with van der Waals surface area (Å²) in [6.45, 7) is 0.108. The molecule has 9 nitrogen and oxygen atoms in total. The molecule has 11 heteroatoms. The van der Waals surface area contributed by atoms with E-state index in [4.69, 9.17) is 21.4 Å². The number of halogens is 1. The molecule has 3 aromatic rings. The van der Waals surface area contributed by atoms with Crippen LogP contribution in [0.25, 0.3) is 0 Å². The number of aliphatic carboxylic acids is 1. The van der Waals surface area contributed by atoms with E-state index in [-0.39, 0.29) is 15.5 Å². The van der Waals surface area contributed by atoms with Crippen LogP contribution in [-0.4, -0.2) is 55.4 Å². The van der Waals surface area contributed by atoms with E-state index in [0.29, 0.717) is 30.1 Å². The number of nitrogens with one attached hydrogen (secondary N) is 1. The normalized spacial score (nSPS) is 12.2. The summed E-state index contributed by atoms with van der Waals surface area (Å²) in [6, 6.07) is 16.4. The largest absolute Gasteiger partial charge is 0.481 e. The lowest BCUT2D eigenvalue weighted by molar-refractivity contribution is -0.139. The number of hydrogen-bond donors (Lipinski definition) is 4. The minimum atomic E-state index is -4.03. The summed E-state index contributed by atoms with van der Waals surface area (Å²) in [7, 11) is -4.03. The van der Waals surface area contributed by atoms with Crippen LogP contribution in [0.15, 0.2) is 76.5 Å². The average Bonchev–Trinajstić information content (AvgIpc) is 2.85. The highest BCUT2D eigenvalue weighted by molar-refractivity contribution is 7.91. The third kappa shape index (κ3) is 7.05. The van der Waals surface area contributed by atoms with Gasteiger partial charge in [-0.15, -0.1) is 0 Å². The third-order valence-corrected chi connectivity index (χ3v) is 7.24. The molecule has 0 aliphatic rings. The van der Waals surface area contributed by atoms with Crippen LogP contribution in [-0.2, 0) is 21.1 Å². The molecule has 36 heavy (non-hydrogen) atoms. The lowest BCUT2D eigenvalue weighted by atomic mass is 10.1. The van der Waals surface area contributed by atoms with Gasteiger partial charge in [-0.2, -0.15) is 0 Å². The third-order valence-electron chi connectivity index (χ3n) is 5.24. The second kappa shape index (κ2) is 12.0. The summed E-state index contributed by atoms with van der Waals surface area (Å²) < 4.78 is 31.0. The first-order valence-electron chi connectivity index (χ1n) is 10.8. The molecule has 0 spiro atoms. The van der Waals surface area contributed by atoms with Gasteiger partial charge in [-0.3, -0.25) is 0 Å². The maximum Gasteiger partial charge on any atom is 0.341 e. The van der Waals surface area contributed by atoms with Crippen molar-refractivity contribution >= 4 is 33.4 Å². The van der Waals surface area contributed by atoms with Crippen molar-refractivity contribution < 1.29 is 38.1 Å². The Morgan fingerprint density at radius 2 is 1.67 bits per heavy atom. The fraction of sp³-hybridized carbons (Fsp3) is 0.200. The number of benzene rings is 3. The Hall–Kier alpha value is -3.44. The zero-order valence-corrected chi connectivity index (χ0v) is 20.5. The fourth-order valence-electron chi connectivity index (χ4n) is 3.38. The maximum absolute atomic E-state index is 13.0. The van der Waals surface area contributed by atoms with Gasteiger partial charge >= 0.3 is 11.9 Å². The smallest absolute Gasteiger partial charge is 0.341 e. The molecule has 0 saturated heterocycles. The van der Waals surface area contributed by atoms with Crippen LogP contribution in [0.1, 0.15) is 27.6 Å². The lowest BCUT2D eigenvalue weighted by Gasteiger charge is -2.13. The van der Waals surface area contributed by atoms with E-state index in [1.807, 2.05) is 0 Å². The quantitative estimate of drug-likeness (QED) is 0.257. The number of aromatic carboxylic acids is 1. The Morgan fingerprint density at radius 3 is 2.31 bits per heavy atom. The summed E-state index contributed by atoms with van der Waals surface area (Å²) in [5, 5.41) is 32.0. The minimum Gasteiger partial charge on any atom is -0.481 e. The molecule has 1 atom stereocenters. The first-order valence-corrected chi connectivity index (χ1v) is 12.6. The van der Waals surface area contributed by atoms with Crippen LogP contribution in [0, 0.1) is 0 Å². The van der Waals surface area contributed by atoms with Crippen LogP contribution >= 0.6 is 11.6 Å². The lowest BCUT2D eigenvalue weighted by Crippen LogP contribution is -2.23. The Balaban J connectivity index is 1.63. The Bertz CT molecular complexity index is 1340. The van der Waals surface area contributed by atoms with Crippen molar-refractivity contribution in [1.82, 2.24) is 5.32 Å². The van der Waals surface area contributed by atoms with E-state index < -0.39 is 40.1 Å². The SMILES string of the molecule is O=C(O)COc1ccc(S(=O)(=O)c2ccc(CCNC[C@@H](O)c3cccc(Cl)c3)cc2)cc1C(=O)O. The van der Waals surface area contributed by atoms with Crippen LogP contribution in [0.2, 0.25) is 5.02 Å². The van der Waals surface area contributed by atoms with E-state index >= 15 is 0 Å². The molecule has 0 aliphatic heterocycles. The summed E-state index contributed by atoms with van der Waals surface area (Å²) in [5.74, 6) is -2.99. The topological polar surface area (TPSA) is 150 Å². The van der Waals surface area contributed by atoms with Crippen molar-refractivity contribution in [2.24, 2.45) is 0 Å². The monoisotopic (exact) mass is 533 g/mol. The predicted octanol–water partition coefficient (Wildman–Crippen LogP) is 3.20. The Labute approximate surface area is 212 Å². The van der Waals surface area contributed by atoms with Crippen molar-refractivity contribution in [2.75, 3.05) is 19.7 Å². The molecular formula is C25H24ClNO8S. The number of aliphatic hydroxyl groups is 1. The number of carboxylic acid groups (broad SMARTS) is 2. The average molecular weight is 534 g/mol. The molecule has 0 unspecified atom stereocenters. The molecule has 0 fully saturated rings. The zero-order chi connectivity index (χ0) is 26.3. The van der Waals surface area contributed by atoms with Crippen molar-refractivity contribution in [1.29, 1.82) is 0 Å². The summed E-state index contributed by atoms with van der Waals surface area (Å²) in [4.78, 5) is 21.9. The maximum atomic E-state index is 13.0. The van der Waals surface area contributed by atoms with Crippen molar-refractivity contribution in [2.45, 2.75) is 22.3 Å². The first-order chi connectivity index (χ1) is 17.1. The summed E-state index contributed by atoms with van der Waals surface area (Å²) >= 11 is 5.94. The van der Waals surface area contributed by atoms with Crippen LogP contribution in [0.5, 0.6) is 5.75 Å². The summed E-state index contributed by atoms with van der Waals surface area (Å²) in [6.07, 6.45) is -0.130. The van der Waals surface area contributed by atoms with Gasteiger partial charge in [-0.1, -0.05) is 35.9 Å². The van der Waals surface area contributed by atoms with Crippen molar-refractivity contribution in [3.05, 3.63) is 88.4 Å². The van der Waals surface area contributed by atoms with Gasteiger partial charge in [-0.05, 0) is 66.6 Å². The molecule has 0 amide bonds. The molecule has 0 aliphatic carbocycles. The van der Waals surface area contributed by atoms with Crippen LogP contribution in [0.4, 0.5) is 0 Å². The van der Waals surface area contributed by atoms with Gasteiger partial charge in [0.25, 0.3) is 0 Å². The van der Waals surface area contributed by atoms with Gasteiger partial charge in [0, 0.05) is 11.6 Å². The van der Waals surface area contributed by atoms with E-state index in [2.05, 4.69) is 5.32 Å². The number of rotatable bonds is 12. The van der Waals surface area contributed by atoms with Gasteiger partial charge < -0.3 is 25.4 Å². The van der Waals surface area contributed by atoms with Crippen LogP contribution < -0.4 is 10.1 Å². The van der Waals surface area contributed by atoms with E-state index in [0.717, 1.165) is 17.7 Å². The summed E-state index contributed by atoms with van der Waals surface area (Å²) in [5.41, 5.74) is 1.11. The van der Waals surface area contributed by atoms with Gasteiger partial charge in [0.05, 0.1) is 15.9 Å². The second-order valence-corrected chi connectivity index (χ2v) is 10.2. The standard InChI is InChI=1S/C25H24ClNO8S/c26-18-3-1-2-17(12-18)22(28)14-27-11-10-16-4-6-19(7-5-16)36(33,34)20-8-9-23(35-15-24(29)30)21(13-20)25(31)32/h1-9,12-13,22,27-28H,10-11,14-15H2,(H,29,30)(H,31,32)/t22-/m1/s1. The van der Waals surface area contributed by atoms with Gasteiger partial charge in [0.1, 0.15) is 11.3 Å². The minimum absolute atomic E-state index is 0.0221. The highest BCUT2D eigenvalue weighted by atomic mass is 35.5. The van der Waals surface area contributed by atoms with E-state index in [1.54, 1.807) is 36.4 Å². The van der Waals surface area contributed by atoms with Crippen molar-refractivity contribution in [3.8, 4) is 5.75 Å². The molecule has 0 saturated carbocycles. The molecule has 4 N–H and O–H groups in total. The molecule has 0 radical (unpaired) electrons. The molecule has 190 valence electrons. The van der Waals surface area contributed by atoms with Crippen molar-refractivity contribution in [3.63, 3.8) is 0 Å². The molecule has 3 aromatic carbocycles. The van der Waals surface area contributed by atoms with E-state index in [9.17, 15) is 28.2 Å². The number of aliphatic hydroxyl groups excluding tert-OH is 1. The highest BCUT2D eigenvalue weighted by Gasteiger charge is 2.22. The second-order valence-electron chi connectivity index (χ2n) is 7.82. The molecule has 3 rings (SSSR count). The predicted molar refractivity (Wildman–Crippen MR) is 131 cm³/mol. The molecular weight excluding hydrogens is 510 g/mol. The molecule has 0 aromatic heterocycles. The van der Waals surface area contributed by atoms with Gasteiger partial charge in [-0.25, -0.2) is 18.0 Å². The number of sulfone groups is 1. The zero-order valence-electron chi connectivity index (χ0n) is 18.9. The fourth-order valence-corrected chi connectivity index (χ4v) is 4.87. The number of hydrogen-bond acceptors (Lipinski definition) is 7. The number of ether oxygens (including phenoxy) is 1. The number of carbonyl (C=O) groups is 2. The molecule has 0 bridgehead atoms. The number of carboxylic acids is 2. The van der Waals surface area contributed by atoms with Gasteiger partial charge in [0.2, 0.25) is 9.84 Å². The first kappa shape index (κ1) is 27.2.